The van der Waals surface area contributed by atoms with Gasteiger partial charge in [-0.15, -0.1) is 24.0 Å². The summed E-state index contributed by atoms with van der Waals surface area (Å²) in [6.07, 6.45) is 0.933. The number of carbonyl (C=O) groups is 2. The summed E-state index contributed by atoms with van der Waals surface area (Å²) in [5.74, 6) is 0.393. The second-order valence-corrected chi connectivity index (χ2v) is 6.51. The fraction of sp³-hybridized carbons (Fsp3) is 0.800. The van der Waals surface area contributed by atoms with Crippen molar-refractivity contribution in [1.82, 2.24) is 20.4 Å². The third-order valence-electron chi connectivity index (χ3n) is 2.65. The van der Waals surface area contributed by atoms with Crippen molar-refractivity contribution >= 4 is 41.8 Å². The van der Waals surface area contributed by atoms with Crippen molar-refractivity contribution < 1.29 is 9.59 Å². The van der Waals surface area contributed by atoms with Crippen molar-refractivity contribution in [2.45, 2.75) is 39.7 Å². The van der Waals surface area contributed by atoms with Crippen molar-refractivity contribution in [3.63, 3.8) is 0 Å². The van der Waals surface area contributed by atoms with E-state index in [0.29, 0.717) is 5.96 Å². The zero-order chi connectivity index (χ0) is 17.3. The molecule has 2 amide bonds. The van der Waals surface area contributed by atoms with E-state index in [9.17, 15) is 9.59 Å². The second-order valence-electron chi connectivity index (χ2n) is 6.51. The topological polar surface area (TPSA) is 77.0 Å². The summed E-state index contributed by atoms with van der Waals surface area (Å²) in [5, 5.41) is 6.06. The molecule has 0 aromatic heterocycles. The number of carbonyl (C=O) groups excluding carboxylic acids is 2. The van der Waals surface area contributed by atoms with Crippen LogP contribution >= 0.6 is 24.0 Å². The Morgan fingerprint density at radius 2 is 1.70 bits per heavy atom. The Morgan fingerprint density at radius 3 is 2.13 bits per heavy atom. The summed E-state index contributed by atoms with van der Waals surface area (Å²) >= 11 is 0. The number of nitrogens with one attached hydrogen (secondary N) is 2. The highest BCUT2D eigenvalue weighted by Gasteiger charge is 2.17. The maximum Gasteiger partial charge on any atom is 0.243 e. The Kier molecular flexibility index (Phi) is 12.1. The molecule has 0 fully saturated rings. The highest BCUT2D eigenvalue weighted by atomic mass is 127. The largest absolute Gasteiger partial charge is 0.356 e. The summed E-state index contributed by atoms with van der Waals surface area (Å²) in [6.45, 7) is 8.83. The summed E-state index contributed by atoms with van der Waals surface area (Å²) in [6, 6.07) is 0. The van der Waals surface area contributed by atoms with Crippen LogP contribution in [0.5, 0.6) is 0 Å². The average molecular weight is 441 g/mol. The van der Waals surface area contributed by atoms with E-state index in [0.717, 1.165) is 13.0 Å². The van der Waals surface area contributed by atoms with Gasteiger partial charge in [0.15, 0.2) is 5.96 Å². The number of halogens is 1. The Hall–Kier alpha value is -1.06. The molecule has 8 heteroatoms. The van der Waals surface area contributed by atoms with Crippen molar-refractivity contribution in [3.05, 3.63) is 0 Å². The maximum absolute atomic E-state index is 12.0. The molecule has 2 N–H and O–H groups in total. The minimum Gasteiger partial charge on any atom is -0.356 e. The van der Waals surface area contributed by atoms with Crippen molar-refractivity contribution in [3.8, 4) is 0 Å². The zero-order valence-corrected chi connectivity index (χ0v) is 17.7. The zero-order valence-electron chi connectivity index (χ0n) is 15.4. The molecule has 0 bridgehead atoms. The average Bonchev–Trinajstić information content (AvgIpc) is 2.35. The molecule has 0 aliphatic heterocycles. The van der Waals surface area contributed by atoms with Gasteiger partial charge >= 0.3 is 0 Å². The summed E-state index contributed by atoms with van der Waals surface area (Å²) in [4.78, 5) is 31.1. The minimum atomic E-state index is -0.271. The molecule has 23 heavy (non-hydrogen) atoms. The Bertz CT molecular complexity index is 405. The molecule has 0 aliphatic carbocycles. The van der Waals surface area contributed by atoms with Crippen LogP contribution in [0.3, 0.4) is 0 Å². The lowest BCUT2D eigenvalue weighted by atomic mass is 10.1. The molecular weight excluding hydrogens is 409 g/mol. The summed E-state index contributed by atoms with van der Waals surface area (Å²) < 4.78 is 0. The van der Waals surface area contributed by atoms with Gasteiger partial charge in [-0.3, -0.25) is 9.59 Å². The van der Waals surface area contributed by atoms with E-state index in [2.05, 4.69) is 15.6 Å². The maximum atomic E-state index is 12.0. The molecule has 0 unspecified atom stereocenters. The fourth-order valence-corrected chi connectivity index (χ4v) is 1.58. The molecular formula is C15H32IN5O2. The Balaban J connectivity index is 0. The Morgan fingerprint density at radius 1 is 1.13 bits per heavy atom. The van der Waals surface area contributed by atoms with Gasteiger partial charge in [0.1, 0.15) is 6.54 Å². The normalized spacial score (nSPS) is 11.3. The van der Waals surface area contributed by atoms with Gasteiger partial charge in [-0.05, 0) is 27.2 Å². The number of aliphatic imine (C=N–C) groups is 1. The van der Waals surface area contributed by atoms with Crippen LogP contribution in [0.15, 0.2) is 4.99 Å². The molecule has 7 nitrogen and oxygen atoms in total. The lowest BCUT2D eigenvalue weighted by Gasteiger charge is -2.25. The number of nitrogens with zero attached hydrogens (tertiary/aromatic N) is 3. The fourth-order valence-electron chi connectivity index (χ4n) is 1.58. The van der Waals surface area contributed by atoms with E-state index >= 15 is 0 Å². The third kappa shape index (κ3) is 12.1. The minimum absolute atomic E-state index is 0. The van der Waals surface area contributed by atoms with Crippen molar-refractivity contribution in [2.24, 2.45) is 4.99 Å². The van der Waals surface area contributed by atoms with E-state index in [1.807, 2.05) is 27.7 Å². The molecule has 0 radical (unpaired) electrons. The number of hydrogen-bond acceptors (Lipinski definition) is 3. The Labute approximate surface area is 157 Å². The number of hydrogen-bond donors (Lipinski definition) is 2. The summed E-state index contributed by atoms with van der Waals surface area (Å²) in [5.41, 5.74) is -0.271. The van der Waals surface area contributed by atoms with E-state index in [1.165, 1.54) is 4.90 Å². The van der Waals surface area contributed by atoms with E-state index in [1.54, 1.807) is 26.0 Å². The van der Waals surface area contributed by atoms with Gasteiger partial charge < -0.3 is 20.4 Å². The molecule has 136 valence electrons. The molecule has 0 aliphatic rings. The lowest BCUT2D eigenvalue weighted by Crippen LogP contribution is -2.49. The molecule has 0 saturated carbocycles. The highest BCUT2D eigenvalue weighted by molar-refractivity contribution is 14.0. The van der Waals surface area contributed by atoms with Crippen LogP contribution in [0.25, 0.3) is 0 Å². The standard InChI is InChI=1S/C15H31N5O2.HI/c1-8-9-16-14(17-10-13(22)19(5)6)20(7)11-12(21)18-15(2,3)4;/h8-11H2,1-7H3,(H,16,17)(H,18,21);1H. The first-order valence-electron chi connectivity index (χ1n) is 7.57. The molecule has 0 aromatic carbocycles. The third-order valence-corrected chi connectivity index (χ3v) is 2.65. The smallest absolute Gasteiger partial charge is 0.243 e. The lowest BCUT2D eigenvalue weighted by molar-refractivity contribution is -0.127. The number of guanidine groups is 1. The van der Waals surface area contributed by atoms with E-state index in [4.69, 9.17) is 0 Å². The molecule has 0 atom stereocenters. The first-order chi connectivity index (χ1) is 10.1. The van der Waals surface area contributed by atoms with Crippen LogP contribution in [-0.2, 0) is 9.59 Å². The predicted octanol–water partition coefficient (Wildman–Crippen LogP) is 0.895. The SMILES string of the molecule is CCCNC(=NCC(=O)N(C)C)N(C)CC(=O)NC(C)(C)C.I. The predicted molar refractivity (Wildman–Crippen MR) is 105 cm³/mol. The first kappa shape index (κ1) is 24.2. The van der Waals surface area contributed by atoms with Crippen molar-refractivity contribution in [1.29, 1.82) is 0 Å². The molecule has 0 spiro atoms. The van der Waals surface area contributed by atoms with Gasteiger partial charge in [0.05, 0.1) is 6.54 Å². The van der Waals surface area contributed by atoms with Crippen LogP contribution < -0.4 is 10.6 Å². The monoisotopic (exact) mass is 441 g/mol. The van der Waals surface area contributed by atoms with E-state index < -0.39 is 0 Å². The van der Waals surface area contributed by atoms with Crippen LogP contribution in [-0.4, -0.2) is 73.9 Å². The number of rotatable bonds is 6. The molecule has 0 saturated heterocycles. The first-order valence-corrected chi connectivity index (χ1v) is 7.57. The van der Waals surface area contributed by atoms with Gasteiger partial charge in [0, 0.05) is 33.2 Å². The quantitative estimate of drug-likeness (QED) is 0.365. The van der Waals surface area contributed by atoms with E-state index in [-0.39, 0.29) is 54.4 Å². The van der Waals surface area contributed by atoms with Gasteiger partial charge in [0.25, 0.3) is 0 Å². The van der Waals surface area contributed by atoms with Crippen LogP contribution in [0, 0.1) is 0 Å². The molecule has 0 heterocycles. The van der Waals surface area contributed by atoms with Crippen LogP contribution in [0.1, 0.15) is 34.1 Å². The van der Waals surface area contributed by atoms with Gasteiger partial charge in [-0.25, -0.2) is 4.99 Å². The van der Waals surface area contributed by atoms with Gasteiger partial charge in [0.2, 0.25) is 11.8 Å². The van der Waals surface area contributed by atoms with Crippen LogP contribution in [0.4, 0.5) is 0 Å². The van der Waals surface area contributed by atoms with Gasteiger partial charge in [-0.2, -0.15) is 0 Å². The number of likely N-dealkylation sites (N-methyl/N-ethyl adjacent to an activating group) is 2. The number of amides is 2. The molecule has 0 rings (SSSR count). The van der Waals surface area contributed by atoms with Gasteiger partial charge in [-0.1, -0.05) is 6.92 Å². The van der Waals surface area contributed by atoms with Crippen LogP contribution in [0.2, 0.25) is 0 Å². The highest BCUT2D eigenvalue weighted by Crippen LogP contribution is 1.98. The summed E-state index contributed by atoms with van der Waals surface area (Å²) in [7, 11) is 5.17. The molecule has 0 aromatic rings. The van der Waals surface area contributed by atoms with Crippen molar-refractivity contribution in [2.75, 3.05) is 40.8 Å². The second kappa shape index (κ2) is 11.5.